The summed E-state index contributed by atoms with van der Waals surface area (Å²) < 4.78 is 0. The summed E-state index contributed by atoms with van der Waals surface area (Å²) >= 11 is 0. The van der Waals surface area contributed by atoms with Gasteiger partial charge < -0.3 is 15.4 Å². The molecule has 2 heterocycles. The second-order valence-corrected chi connectivity index (χ2v) is 5.72. The molecule has 0 spiro atoms. The van der Waals surface area contributed by atoms with Gasteiger partial charge in [-0.3, -0.25) is 0 Å². The van der Waals surface area contributed by atoms with Crippen molar-refractivity contribution in [2.45, 2.75) is 13.0 Å². The van der Waals surface area contributed by atoms with E-state index in [4.69, 9.17) is 0 Å². The average molecular weight is 290 g/mol. The van der Waals surface area contributed by atoms with E-state index in [1.165, 1.54) is 22.2 Å². The van der Waals surface area contributed by atoms with Gasteiger partial charge in [0.05, 0.1) is 6.61 Å². The molecule has 0 unspecified atom stereocenters. The predicted octanol–water partition coefficient (Wildman–Crippen LogP) is 3.44. The molecule has 0 bridgehead atoms. The van der Waals surface area contributed by atoms with Gasteiger partial charge in [0.25, 0.3) is 0 Å². The molecule has 4 rings (SSSR count). The Hall–Kier alpha value is -2.52. The number of rotatable bonds is 2. The highest BCUT2D eigenvalue weighted by Crippen LogP contribution is 2.36. The maximum absolute atomic E-state index is 9.20. The van der Waals surface area contributed by atoms with Crippen LogP contribution < -0.4 is 5.32 Å². The van der Waals surface area contributed by atoms with E-state index < -0.39 is 0 Å². The highest BCUT2D eigenvalue weighted by atomic mass is 16.3. The van der Waals surface area contributed by atoms with E-state index in [0.717, 1.165) is 35.3 Å². The Morgan fingerprint density at radius 3 is 2.68 bits per heavy atom. The van der Waals surface area contributed by atoms with Crippen molar-refractivity contribution in [2.24, 2.45) is 0 Å². The van der Waals surface area contributed by atoms with E-state index in [1.807, 2.05) is 12.1 Å². The minimum absolute atomic E-state index is 0.0771. The van der Waals surface area contributed by atoms with E-state index in [2.05, 4.69) is 47.2 Å². The lowest BCUT2D eigenvalue weighted by molar-refractivity contribution is 0.282. The molecular weight excluding hydrogens is 272 g/mol. The molecule has 0 amide bonds. The summed E-state index contributed by atoms with van der Waals surface area (Å²) in [7, 11) is 0. The molecule has 110 valence electrons. The quantitative estimate of drug-likeness (QED) is 0.677. The average Bonchev–Trinajstić information content (AvgIpc) is 2.84. The minimum atomic E-state index is 0.0771. The monoisotopic (exact) mass is 290 g/mol. The minimum Gasteiger partial charge on any atom is -0.392 e. The van der Waals surface area contributed by atoms with Crippen molar-refractivity contribution in [1.82, 2.24) is 10.3 Å². The predicted molar refractivity (Wildman–Crippen MR) is 90.4 cm³/mol. The highest BCUT2D eigenvalue weighted by Gasteiger charge is 2.19. The van der Waals surface area contributed by atoms with Gasteiger partial charge in [0, 0.05) is 34.4 Å². The molecule has 0 fully saturated rings. The fraction of sp³-hybridized carbons (Fsp3) is 0.158. The van der Waals surface area contributed by atoms with Crippen molar-refractivity contribution in [3.05, 3.63) is 65.7 Å². The number of hydrogen-bond acceptors (Lipinski definition) is 2. The Bertz CT molecular complexity index is 859. The zero-order valence-corrected chi connectivity index (χ0v) is 12.3. The maximum Gasteiger partial charge on any atom is 0.0681 e. The molecule has 1 aliphatic heterocycles. The van der Waals surface area contributed by atoms with Crippen LogP contribution >= 0.6 is 0 Å². The summed E-state index contributed by atoms with van der Waals surface area (Å²) in [6.45, 7) is 5.12. The van der Waals surface area contributed by atoms with Crippen LogP contribution in [0.1, 0.15) is 16.7 Å². The van der Waals surface area contributed by atoms with Crippen LogP contribution in [0.3, 0.4) is 0 Å². The van der Waals surface area contributed by atoms with Gasteiger partial charge in [-0.25, -0.2) is 0 Å². The van der Waals surface area contributed by atoms with Gasteiger partial charge in [-0.2, -0.15) is 0 Å². The van der Waals surface area contributed by atoms with Crippen LogP contribution in [0, 0.1) is 0 Å². The van der Waals surface area contributed by atoms with Crippen molar-refractivity contribution >= 4 is 16.6 Å². The molecule has 1 aromatic heterocycles. The van der Waals surface area contributed by atoms with Crippen LogP contribution in [0.5, 0.6) is 0 Å². The zero-order chi connectivity index (χ0) is 15.1. The summed E-state index contributed by atoms with van der Waals surface area (Å²) in [5.41, 5.74) is 7.92. The highest BCUT2D eigenvalue weighted by molar-refractivity contribution is 5.99. The van der Waals surface area contributed by atoms with Gasteiger partial charge in [0.15, 0.2) is 0 Å². The lowest BCUT2D eigenvalue weighted by Crippen LogP contribution is -2.12. The molecule has 0 radical (unpaired) electrons. The van der Waals surface area contributed by atoms with Gasteiger partial charge in [0.1, 0.15) is 0 Å². The fourth-order valence-corrected chi connectivity index (χ4v) is 3.28. The summed E-state index contributed by atoms with van der Waals surface area (Å²) in [5, 5.41) is 13.9. The second kappa shape index (κ2) is 5.04. The molecular formula is C19H18N2O. The standard InChI is InChI=1S/C19H18N2O/c1-12-15-3-2-4-17-18(15)16(9-10-20-12)19(21-17)14-7-5-13(11-22)6-8-14/h2-8,20-22H,1,9-11H2. The van der Waals surface area contributed by atoms with Crippen molar-refractivity contribution in [2.75, 3.05) is 6.54 Å². The molecule has 22 heavy (non-hydrogen) atoms. The van der Waals surface area contributed by atoms with Crippen molar-refractivity contribution in [3.63, 3.8) is 0 Å². The van der Waals surface area contributed by atoms with Crippen molar-refractivity contribution in [3.8, 4) is 11.3 Å². The molecule has 0 saturated carbocycles. The summed E-state index contributed by atoms with van der Waals surface area (Å²) in [6.07, 6.45) is 0.965. The zero-order valence-electron chi connectivity index (χ0n) is 12.3. The van der Waals surface area contributed by atoms with E-state index in [-0.39, 0.29) is 6.61 Å². The largest absolute Gasteiger partial charge is 0.392 e. The fourth-order valence-electron chi connectivity index (χ4n) is 3.28. The molecule has 3 heteroatoms. The number of aromatic amines is 1. The topological polar surface area (TPSA) is 48.0 Å². The lowest BCUT2D eigenvalue weighted by atomic mass is 9.99. The third kappa shape index (κ3) is 1.94. The number of aliphatic hydroxyl groups excluding tert-OH is 1. The molecule has 3 nitrogen and oxygen atoms in total. The van der Waals surface area contributed by atoms with Gasteiger partial charge >= 0.3 is 0 Å². The van der Waals surface area contributed by atoms with Gasteiger partial charge in [-0.15, -0.1) is 0 Å². The van der Waals surface area contributed by atoms with Crippen LogP contribution in [0.15, 0.2) is 49.0 Å². The Morgan fingerprint density at radius 2 is 1.91 bits per heavy atom. The summed E-state index contributed by atoms with van der Waals surface area (Å²) in [6, 6.07) is 14.4. The number of benzene rings is 2. The third-order valence-corrected chi connectivity index (χ3v) is 4.39. The van der Waals surface area contributed by atoms with Crippen molar-refractivity contribution in [1.29, 1.82) is 0 Å². The molecule has 2 aromatic carbocycles. The van der Waals surface area contributed by atoms with Crippen LogP contribution in [-0.4, -0.2) is 16.6 Å². The number of hydrogen-bond donors (Lipinski definition) is 3. The third-order valence-electron chi connectivity index (χ3n) is 4.39. The second-order valence-electron chi connectivity index (χ2n) is 5.72. The first kappa shape index (κ1) is 13.2. The lowest BCUT2D eigenvalue weighted by Gasteiger charge is -2.06. The summed E-state index contributed by atoms with van der Waals surface area (Å²) in [4.78, 5) is 3.57. The Balaban J connectivity index is 1.96. The van der Waals surface area contributed by atoms with Crippen LogP contribution in [-0.2, 0) is 13.0 Å². The first-order valence-corrected chi connectivity index (χ1v) is 7.55. The van der Waals surface area contributed by atoms with E-state index in [9.17, 15) is 5.11 Å². The maximum atomic E-state index is 9.20. The summed E-state index contributed by atoms with van der Waals surface area (Å²) in [5.74, 6) is 0. The smallest absolute Gasteiger partial charge is 0.0681 e. The number of aliphatic hydroxyl groups is 1. The first-order chi connectivity index (χ1) is 10.8. The Morgan fingerprint density at radius 1 is 1.09 bits per heavy atom. The molecule has 0 saturated heterocycles. The molecule has 3 N–H and O–H groups in total. The van der Waals surface area contributed by atoms with E-state index in [1.54, 1.807) is 0 Å². The number of aromatic nitrogens is 1. The number of H-pyrrole nitrogens is 1. The van der Waals surface area contributed by atoms with Crippen LogP contribution in [0.25, 0.3) is 27.9 Å². The van der Waals surface area contributed by atoms with Gasteiger partial charge in [-0.1, -0.05) is 43.0 Å². The van der Waals surface area contributed by atoms with Crippen LogP contribution in [0.2, 0.25) is 0 Å². The SMILES string of the molecule is C=C1NCCc2c(-c3ccc(CO)cc3)[nH]c3cccc1c23. The van der Waals surface area contributed by atoms with E-state index in [0.29, 0.717) is 0 Å². The van der Waals surface area contributed by atoms with Gasteiger partial charge in [0.2, 0.25) is 0 Å². The number of nitrogens with one attached hydrogen (secondary N) is 2. The Labute approximate surface area is 129 Å². The van der Waals surface area contributed by atoms with Crippen molar-refractivity contribution < 1.29 is 5.11 Å². The van der Waals surface area contributed by atoms with Crippen LogP contribution in [0.4, 0.5) is 0 Å². The molecule has 0 atom stereocenters. The van der Waals surface area contributed by atoms with Gasteiger partial charge in [-0.05, 0) is 29.2 Å². The Kier molecular flexibility index (Phi) is 3.01. The first-order valence-electron chi connectivity index (χ1n) is 7.55. The van der Waals surface area contributed by atoms with E-state index >= 15 is 0 Å². The normalized spacial score (nSPS) is 14.0. The molecule has 1 aliphatic rings. The molecule has 0 aliphatic carbocycles. The molecule has 3 aromatic rings.